The normalized spacial score (nSPS) is 10.4. The highest BCUT2D eigenvalue weighted by atomic mass is 16.5. The van der Waals surface area contributed by atoms with Crippen molar-refractivity contribution in [1.29, 1.82) is 0 Å². The van der Waals surface area contributed by atoms with Crippen LogP contribution in [0.2, 0.25) is 0 Å². The molecule has 0 aliphatic heterocycles. The molecular weight excluding hydrogens is 218 g/mol. The SMILES string of the molecule is COc1ccc2nc(CCC(=O)O)ccc2c1. The van der Waals surface area contributed by atoms with E-state index in [-0.39, 0.29) is 6.42 Å². The molecule has 0 saturated heterocycles. The summed E-state index contributed by atoms with van der Waals surface area (Å²) in [5.41, 5.74) is 1.65. The number of benzene rings is 1. The number of pyridine rings is 1. The number of aliphatic carboxylic acids is 1. The Bertz CT molecular complexity index is 551. The molecule has 1 N–H and O–H groups in total. The molecule has 0 saturated carbocycles. The van der Waals surface area contributed by atoms with Crippen molar-refractivity contribution in [2.75, 3.05) is 7.11 Å². The molecule has 0 radical (unpaired) electrons. The summed E-state index contributed by atoms with van der Waals surface area (Å²) in [6.07, 6.45) is 0.561. The van der Waals surface area contributed by atoms with Crippen LogP contribution in [0, 0.1) is 0 Å². The number of aryl methyl sites for hydroxylation is 1. The van der Waals surface area contributed by atoms with Crippen molar-refractivity contribution in [3.05, 3.63) is 36.0 Å². The van der Waals surface area contributed by atoms with Gasteiger partial charge >= 0.3 is 5.97 Å². The van der Waals surface area contributed by atoms with E-state index in [1.54, 1.807) is 7.11 Å². The van der Waals surface area contributed by atoms with Crippen molar-refractivity contribution in [2.45, 2.75) is 12.8 Å². The second-order valence-electron chi connectivity index (χ2n) is 3.75. The van der Waals surface area contributed by atoms with Crippen LogP contribution in [0.5, 0.6) is 5.75 Å². The number of fused-ring (bicyclic) bond motifs is 1. The van der Waals surface area contributed by atoms with E-state index in [0.717, 1.165) is 22.3 Å². The molecule has 0 unspecified atom stereocenters. The van der Waals surface area contributed by atoms with Crippen molar-refractivity contribution in [2.24, 2.45) is 0 Å². The lowest BCUT2D eigenvalue weighted by Crippen LogP contribution is -1.99. The Labute approximate surface area is 98.9 Å². The van der Waals surface area contributed by atoms with Gasteiger partial charge in [0.2, 0.25) is 0 Å². The second kappa shape index (κ2) is 4.82. The molecule has 88 valence electrons. The molecule has 4 heteroatoms. The van der Waals surface area contributed by atoms with Crippen LogP contribution < -0.4 is 4.74 Å². The quantitative estimate of drug-likeness (QED) is 0.876. The van der Waals surface area contributed by atoms with Crippen LogP contribution in [0.3, 0.4) is 0 Å². The highest BCUT2D eigenvalue weighted by molar-refractivity contribution is 5.80. The Morgan fingerprint density at radius 1 is 1.35 bits per heavy atom. The van der Waals surface area contributed by atoms with Crippen LogP contribution in [0.25, 0.3) is 10.9 Å². The minimum atomic E-state index is -0.804. The lowest BCUT2D eigenvalue weighted by molar-refractivity contribution is -0.136. The fourth-order valence-corrected chi connectivity index (χ4v) is 1.65. The maximum atomic E-state index is 10.5. The molecule has 1 heterocycles. The lowest BCUT2D eigenvalue weighted by atomic mass is 10.1. The zero-order valence-corrected chi connectivity index (χ0v) is 9.51. The van der Waals surface area contributed by atoms with Crippen LogP contribution in [-0.2, 0) is 11.2 Å². The van der Waals surface area contributed by atoms with Gasteiger partial charge in [-0.2, -0.15) is 0 Å². The number of methoxy groups -OCH3 is 1. The van der Waals surface area contributed by atoms with Crippen LogP contribution in [0.1, 0.15) is 12.1 Å². The molecule has 0 spiro atoms. The largest absolute Gasteiger partial charge is 0.497 e. The number of ether oxygens (including phenoxy) is 1. The topological polar surface area (TPSA) is 59.4 Å². The molecule has 1 aromatic heterocycles. The number of carboxylic acid groups (broad SMARTS) is 1. The molecule has 17 heavy (non-hydrogen) atoms. The molecule has 2 rings (SSSR count). The monoisotopic (exact) mass is 231 g/mol. The number of carboxylic acids is 1. The molecule has 0 bridgehead atoms. The Balaban J connectivity index is 2.28. The van der Waals surface area contributed by atoms with Crippen molar-refractivity contribution < 1.29 is 14.6 Å². The summed E-state index contributed by atoms with van der Waals surface area (Å²) in [7, 11) is 1.62. The van der Waals surface area contributed by atoms with Crippen LogP contribution in [0.15, 0.2) is 30.3 Å². The summed E-state index contributed by atoms with van der Waals surface area (Å²) in [5, 5.41) is 9.60. The van der Waals surface area contributed by atoms with Crippen LogP contribution >= 0.6 is 0 Å². The van der Waals surface area contributed by atoms with Gasteiger partial charge in [-0.25, -0.2) is 0 Å². The number of rotatable bonds is 4. The third kappa shape index (κ3) is 2.72. The maximum absolute atomic E-state index is 10.5. The minimum Gasteiger partial charge on any atom is -0.497 e. The maximum Gasteiger partial charge on any atom is 0.303 e. The zero-order chi connectivity index (χ0) is 12.3. The predicted molar refractivity (Wildman–Crippen MR) is 64.3 cm³/mol. The number of hydrogen-bond acceptors (Lipinski definition) is 3. The van der Waals surface area contributed by atoms with Gasteiger partial charge in [0.1, 0.15) is 5.75 Å². The second-order valence-corrected chi connectivity index (χ2v) is 3.75. The van der Waals surface area contributed by atoms with Gasteiger partial charge in [0, 0.05) is 17.5 Å². The number of hydrogen-bond donors (Lipinski definition) is 1. The van der Waals surface area contributed by atoms with Gasteiger partial charge in [0.25, 0.3) is 0 Å². The Morgan fingerprint density at radius 2 is 2.18 bits per heavy atom. The van der Waals surface area contributed by atoms with E-state index in [9.17, 15) is 4.79 Å². The molecule has 4 nitrogen and oxygen atoms in total. The highest BCUT2D eigenvalue weighted by Gasteiger charge is 2.03. The highest BCUT2D eigenvalue weighted by Crippen LogP contribution is 2.19. The van der Waals surface area contributed by atoms with E-state index in [1.165, 1.54) is 0 Å². The summed E-state index contributed by atoms with van der Waals surface area (Å²) in [6, 6.07) is 9.41. The molecule has 0 aliphatic carbocycles. The number of nitrogens with zero attached hydrogens (tertiary/aromatic N) is 1. The number of aromatic nitrogens is 1. The van der Waals surface area contributed by atoms with E-state index < -0.39 is 5.97 Å². The average Bonchev–Trinajstić information content (AvgIpc) is 2.35. The van der Waals surface area contributed by atoms with Gasteiger partial charge in [-0.1, -0.05) is 6.07 Å². The Morgan fingerprint density at radius 3 is 2.88 bits per heavy atom. The molecule has 0 fully saturated rings. The first-order valence-corrected chi connectivity index (χ1v) is 5.34. The first-order valence-electron chi connectivity index (χ1n) is 5.34. The van der Waals surface area contributed by atoms with Gasteiger partial charge in [-0.15, -0.1) is 0 Å². The fraction of sp³-hybridized carbons (Fsp3) is 0.231. The van der Waals surface area contributed by atoms with Crippen molar-refractivity contribution >= 4 is 16.9 Å². The smallest absolute Gasteiger partial charge is 0.303 e. The van der Waals surface area contributed by atoms with Gasteiger partial charge < -0.3 is 9.84 Å². The van der Waals surface area contributed by atoms with E-state index in [0.29, 0.717) is 6.42 Å². The van der Waals surface area contributed by atoms with Crippen LogP contribution in [-0.4, -0.2) is 23.2 Å². The van der Waals surface area contributed by atoms with Gasteiger partial charge in [-0.3, -0.25) is 9.78 Å². The third-order valence-electron chi connectivity index (χ3n) is 2.55. The van der Waals surface area contributed by atoms with E-state index in [2.05, 4.69) is 4.98 Å². The van der Waals surface area contributed by atoms with Crippen molar-refractivity contribution in [3.8, 4) is 5.75 Å². The summed E-state index contributed by atoms with van der Waals surface area (Å²) in [6.45, 7) is 0. The van der Waals surface area contributed by atoms with Crippen molar-refractivity contribution in [1.82, 2.24) is 4.98 Å². The number of carbonyl (C=O) groups is 1. The standard InChI is InChI=1S/C13H13NO3/c1-17-11-5-6-12-9(8-11)2-3-10(14-12)4-7-13(15)16/h2-3,5-6,8H,4,7H2,1H3,(H,15,16). The zero-order valence-electron chi connectivity index (χ0n) is 9.51. The van der Waals surface area contributed by atoms with Gasteiger partial charge in [-0.05, 0) is 24.3 Å². The predicted octanol–water partition coefficient (Wildman–Crippen LogP) is 2.26. The van der Waals surface area contributed by atoms with E-state index in [4.69, 9.17) is 9.84 Å². The van der Waals surface area contributed by atoms with Crippen molar-refractivity contribution in [3.63, 3.8) is 0 Å². The Kier molecular flexibility index (Phi) is 3.23. The molecule has 0 amide bonds. The lowest BCUT2D eigenvalue weighted by Gasteiger charge is -2.04. The molecule has 0 atom stereocenters. The fourth-order valence-electron chi connectivity index (χ4n) is 1.65. The first kappa shape index (κ1) is 11.4. The summed E-state index contributed by atoms with van der Waals surface area (Å²) in [5.74, 6) is -0.0146. The molecule has 0 aliphatic rings. The summed E-state index contributed by atoms with van der Waals surface area (Å²) >= 11 is 0. The average molecular weight is 231 g/mol. The summed E-state index contributed by atoms with van der Waals surface area (Å²) in [4.78, 5) is 14.9. The van der Waals surface area contributed by atoms with Crippen LogP contribution in [0.4, 0.5) is 0 Å². The van der Waals surface area contributed by atoms with E-state index in [1.807, 2.05) is 30.3 Å². The molecule has 2 aromatic rings. The molecular formula is C13H13NO3. The third-order valence-corrected chi connectivity index (χ3v) is 2.55. The first-order chi connectivity index (χ1) is 8.19. The van der Waals surface area contributed by atoms with Gasteiger partial charge in [0.05, 0.1) is 19.0 Å². The van der Waals surface area contributed by atoms with E-state index >= 15 is 0 Å². The minimum absolute atomic E-state index is 0.106. The molecule has 1 aromatic carbocycles. The van der Waals surface area contributed by atoms with Gasteiger partial charge in [0.15, 0.2) is 0 Å². The Hall–Kier alpha value is -2.10. The summed E-state index contributed by atoms with van der Waals surface area (Å²) < 4.78 is 5.13.